The van der Waals surface area contributed by atoms with E-state index in [0.717, 1.165) is 16.8 Å². The Morgan fingerprint density at radius 2 is 1.85 bits per heavy atom. The van der Waals surface area contributed by atoms with Crippen molar-refractivity contribution in [1.29, 1.82) is 0 Å². The van der Waals surface area contributed by atoms with Crippen LogP contribution in [0.5, 0.6) is 11.5 Å². The first-order chi connectivity index (χ1) is 12.5. The number of benzene rings is 2. The lowest BCUT2D eigenvalue weighted by Gasteiger charge is -2.21. The molecule has 6 nitrogen and oxygen atoms in total. The average Bonchev–Trinajstić information content (AvgIpc) is 3.05. The van der Waals surface area contributed by atoms with Crippen LogP contribution in [0.25, 0.3) is 6.08 Å². The van der Waals surface area contributed by atoms with Crippen LogP contribution in [-0.4, -0.2) is 32.1 Å². The van der Waals surface area contributed by atoms with Crippen LogP contribution in [0, 0.1) is 0 Å². The van der Waals surface area contributed by atoms with Gasteiger partial charge >= 0.3 is 0 Å². The molecule has 1 heterocycles. The molecule has 1 atom stereocenters. The van der Waals surface area contributed by atoms with Crippen molar-refractivity contribution in [3.8, 4) is 11.5 Å². The Balaban J connectivity index is 1.87. The molecule has 0 aliphatic carbocycles. The normalized spacial score (nSPS) is 15.8. The van der Waals surface area contributed by atoms with Gasteiger partial charge in [-0.05, 0) is 35.4 Å². The number of hydrogen-bond donors (Lipinski definition) is 1. The van der Waals surface area contributed by atoms with Crippen LogP contribution in [0.4, 0.5) is 5.69 Å². The minimum Gasteiger partial charge on any atom is -0.493 e. The summed E-state index contributed by atoms with van der Waals surface area (Å²) in [6.45, 7) is 0. The molecular formula is C20H20N2O4. The highest BCUT2D eigenvalue weighted by Gasteiger charge is 2.36. The summed E-state index contributed by atoms with van der Waals surface area (Å²) in [7, 11) is 3.11. The molecule has 2 aromatic rings. The smallest absolute Gasteiger partial charge is 0.251 e. The van der Waals surface area contributed by atoms with E-state index in [1.165, 1.54) is 11.0 Å². The third kappa shape index (κ3) is 3.26. The number of para-hydroxylation sites is 1. The second-order valence-electron chi connectivity index (χ2n) is 5.91. The number of primary amides is 1. The minimum atomic E-state index is -0.671. The number of anilines is 1. The Hall–Kier alpha value is -3.28. The lowest BCUT2D eigenvalue weighted by atomic mass is 10.1. The predicted octanol–water partition coefficient (Wildman–Crippen LogP) is 2.16. The van der Waals surface area contributed by atoms with Gasteiger partial charge in [-0.25, -0.2) is 0 Å². The maximum absolute atomic E-state index is 12.7. The van der Waals surface area contributed by atoms with Gasteiger partial charge in [0.05, 0.1) is 14.2 Å². The lowest BCUT2D eigenvalue weighted by molar-refractivity contribution is -0.122. The Labute approximate surface area is 151 Å². The summed E-state index contributed by atoms with van der Waals surface area (Å²) in [5.41, 5.74) is 7.93. The molecular weight excluding hydrogens is 332 g/mol. The molecule has 26 heavy (non-hydrogen) atoms. The highest BCUT2D eigenvalue weighted by molar-refractivity contribution is 6.09. The van der Waals surface area contributed by atoms with Gasteiger partial charge in [-0.15, -0.1) is 0 Å². The van der Waals surface area contributed by atoms with Crippen molar-refractivity contribution in [2.24, 2.45) is 5.73 Å². The van der Waals surface area contributed by atoms with Crippen LogP contribution in [0.2, 0.25) is 0 Å². The van der Waals surface area contributed by atoms with Crippen molar-refractivity contribution in [3.05, 3.63) is 59.7 Å². The molecule has 1 aliphatic rings. The summed E-state index contributed by atoms with van der Waals surface area (Å²) in [4.78, 5) is 26.0. The predicted molar refractivity (Wildman–Crippen MR) is 99.2 cm³/mol. The summed E-state index contributed by atoms with van der Waals surface area (Å²) >= 11 is 0. The average molecular weight is 352 g/mol. The fourth-order valence-electron chi connectivity index (χ4n) is 3.09. The van der Waals surface area contributed by atoms with Gasteiger partial charge in [0.2, 0.25) is 5.91 Å². The Morgan fingerprint density at radius 1 is 1.12 bits per heavy atom. The van der Waals surface area contributed by atoms with E-state index < -0.39 is 11.9 Å². The topological polar surface area (TPSA) is 81.9 Å². The zero-order chi connectivity index (χ0) is 18.7. The summed E-state index contributed by atoms with van der Waals surface area (Å²) in [5.74, 6) is 0.365. The van der Waals surface area contributed by atoms with Crippen LogP contribution >= 0.6 is 0 Å². The first-order valence-corrected chi connectivity index (χ1v) is 8.15. The fraction of sp³-hybridized carbons (Fsp3) is 0.200. The summed E-state index contributed by atoms with van der Waals surface area (Å²) in [5, 5.41) is 0. The Morgan fingerprint density at radius 3 is 2.54 bits per heavy atom. The number of methoxy groups -OCH3 is 2. The fourth-order valence-corrected chi connectivity index (χ4v) is 3.09. The van der Waals surface area contributed by atoms with Crippen LogP contribution in [0.15, 0.2) is 48.5 Å². The summed E-state index contributed by atoms with van der Waals surface area (Å²) in [6.07, 6.45) is 3.53. The number of carbonyl (C=O) groups is 2. The molecule has 2 N–H and O–H groups in total. The number of ether oxygens (including phenoxy) is 2. The highest BCUT2D eigenvalue weighted by Crippen LogP contribution is 2.32. The number of hydrogen-bond acceptors (Lipinski definition) is 4. The second-order valence-corrected chi connectivity index (χ2v) is 5.91. The zero-order valence-corrected chi connectivity index (χ0v) is 14.6. The van der Waals surface area contributed by atoms with E-state index in [4.69, 9.17) is 15.2 Å². The van der Waals surface area contributed by atoms with Gasteiger partial charge in [0.15, 0.2) is 11.5 Å². The Bertz CT molecular complexity index is 876. The van der Waals surface area contributed by atoms with Crippen LogP contribution in [0.1, 0.15) is 11.1 Å². The molecule has 0 spiro atoms. The van der Waals surface area contributed by atoms with Gasteiger partial charge in [-0.3, -0.25) is 14.5 Å². The second kappa shape index (κ2) is 7.31. The van der Waals surface area contributed by atoms with Crippen molar-refractivity contribution in [2.75, 3.05) is 19.1 Å². The molecule has 0 radical (unpaired) electrons. The van der Waals surface area contributed by atoms with E-state index >= 15 is 0 Å². The largest absolute Gasteiger partial charge is 0.493 e. The number of nitrogens with two attached hydrogens (primary N) is 1. The number of fused-ring (bicyclic) bond motifs is 1. The monoisotopic (exact) mass is 352 g/mol. The first kappa shape index (κ1) is 17.5. The summed E-state index contributed by atoms with van der Waals surface area (Å²) < 4.78 is 10.5. The van der Waals surface area contributed by atoms with Crippen molar-refractivity contribution in [1.82, 2.24) is 0 Å². The van der Waals surface area contributed by atoms with Gasteiger partial charge in [0.25, 0.3) is 5.91 Å². The van der Waals surface area contributed by atoms with E-state index in [2.05, 4.69) is 0 Å². The van der Waals surface area contributed by atoms with Crippen LogP contribution in [-0.2, 0) is 16.0 Å². The zero-order valence-electron chi connectivity index (χ0n) is 14.6. The van der Waals surface area contributed by atoms with E-state index in [-0.39, 0.29) is 5.91 Å². The van der Waals surface area contributed by atoms with E-state index in [9.17, 15) is 9.59 Å². The summed E-state index contributed by atoms with van der Waals surface area (Å²) in [6, 6.07) is 12.1. The SMILES string of the molecule is COc1ccc(/C=C\C(=O)N2c3ccccc3C[C@@H]2C(N)=O)cc1OC. The standard InChI is InChI=1S/C20H20N2O4/c1-25-17-9-7-13(11-18(17)26-2)8-10-19(23)22-15-6-4-3-5-14(15)12-16(22)20(21)24/h3-11,16H,12H2,1-2H3,(H2,21,24)/b10-8-/t16-/m1/s1. The molecule has 1 aliphatic heterocycles. The molecule has 6 heteroatoms. The Kier molecular flexibility index (Phi) is 4.93. The molecule has 0 fully saturated rings. The lowest BCUT2D eigenvalue weighted by Crippen LogP contribution is -2.45. The van der Waals surface area contributed by atoms with Gasteiger partial charge in [0, 0.05) is 18.2 Å². The van der Waals surface area contributed by atoms with E-state index in [0.29, 0.717) is 17.9 Å². The quantitative estimate of drug-likeness (QED) is 0.836. The third-order valence-corrected chi connectivity index (χ3v) is 4.37. The molecule has 3 rings (SSSR count). The molecule has 134 valence electrons. The first-order valence-electron chi connectivity index (χ1n) is 8.15. The van der Waals surface area contributed by atoms with E-state index in [1.807, 2.05) is 30.3 Å². The number of rotatable bonds is 5. The molecule has 0 unspecified atom stereocenters. The van der Waals surface area contributed by atoms with Crippen molar-refractivity contribution < 1.29 is 19.1 Å². The third-order valence-electron chi connectivity index (χ3n) is 4.37. The minimum absolute atomic E-state index is 0.298. The molecule has 0 aromatic heterocycles. The van der Waals surface area contributed by atoms with Crippen molar-refractivity contribution in [3.63, 3.8) is 0 Å². The molecule has 0 saturated carbocycles. The van der Waals surface area contributed by atoms with Crippen molar-refractivity contribution >= 4 is 23.6 Å². The number of nitrogens with zero attached hydrogens (tertiary/aromatic N) is 1. The van der Waals surface area contributed by atoms with Gasteiger partial charge in [0.1, 0.15) is 6.04 Å². The van der Waals surface area contributed by atoms with Crippen LogP contribution < -0.4 is 20.1 Å². The van der Waals surface area contributed by atoms with Gasteiger partial charge in [-0.1, -0.05) is 24.3 Å². The number of carbonyl (C=O) groups excluding carboxylic acids is 2. The van der Waals surface area contributed by atoms with E-state index in [1.54, 1.807) is 32.4 Å². The van der Waals surface area contributed by atoms with Gasteiger partial charge < -0.3 is 15.2 Å². The molecule has 2 amide bonds. The van der Waals surface area contributed by atoms with Crippen molar-refractivity contribution in [2.45, 2.75) is 12.5 Å². The van der Waals surface area contributed by atoms with Gasteiger partial charge in [-0.2, -0.15) is 0 Å². The highest BCUT2D eigenvalue weighted by atomic mass is 16.5. The van der Waals surface area contributed by atoms with Crippen LogP contribution in [0.3, 0.4) is 0 Å². The maximum Gasteiger partial charge on any atom is 0.251 e. The molecule has 0 bridgehead atoms. The molecule has 2 aromatic carbocycles. The molecule has 0 saturated heterocycles. The number of amides is 2. The maximum atomic E-state index is 12.7.